The highest BCUT2D eigenvalue weighted by Gasteiger charge is 2.11. The minimum absolute atomic E-state index is 0.668. The highest BCUT2D eigenvalue weighted by Crippen LogP contribution is 2.19. The smallest absolute Gasteiger partial charge is 0.160 e. The van der Waals surface area contributed by atoms with Crippen LogP contribution in [-0.2, 0) is 13.0 Å². The maximum Gasteiger partial charge on any atom is 0.160 e. The lowest BCUT2D eigenvalue weighted by molar-refractivity contribution is 0.884. The van der Waals surface area contributed by atoms with Gasteiger partial charge in [0.1, 0.15) is 5.82 Å². The summed E-state index contributed by atoms with van der Waals surface area (Å²) in [6.45, 7) is 6.85. The van der Waals surface area contributed by atoms with Crippen LogP contribution in [0.15, 0.2) is 30.5 Å². The number of aryl methyl sites for hydroxylation is 3. The van der Waals surface area contributed by atoms with Crippen molar-refractivity contribution in [1.82, 2.24) is 19.6 Å². The molecule has 0 radical (unpaired) electrons. The maximum absolute atomic E-state index is 4.67. The zero-order chi connectivity index (χ0) is 14.8. The van der Waals surface area contributed by atoms with Gasteiger partial charge in [-0.2, -0.15) is 9.61 Å². The average Bonchev–Trinajstić information content (AvgIpc) is 2.81. The number of aromatic nitrogens is 4. The molecule has 3 aromatic rings. The number of anilines is 1. The SMILES string of the molecule is CCc1cc(NCc2ccccn2)n2nc(C)c(C)c2n1. The molecule has 1 N–H and O–H groups in total. The molecule has 0 aliphatic rings. The van der Waals surface area contributed by atoms with Gasteiger partial charge in [-0.1, -0.05) is 13.0 Å². The molecule has 0 atom stereocenters. The zero-order valence-corrected chi connectivity index (χ0v) is 12.6. The Bertz CT molecular complexity index is 761. The highest BCUT2D eigenvalue weighted by atomic mass is 15.3. The highest BCUT2D eigenvalue weighted by molar-refractivity contribution is 5.56. The van der Waals surface area contributed by atoms with Gasteiger partial charge in [-0.15, -0.1) is 0 Å². The molecule has 0 aliphatic carbocycles. The Kier molecular flexibility index (Phi) is 3.56. The number of hydrogen-bond donors (Lipinski definition) is 1. The van der Waals surface area contributed by atoms with Gasteiger partial charge in [0.25, 0.3) is 0 Å². The Hall–Kier alpha value is -2.43. The summed E-state index contributed by atoms with van der Waals surface area (Å²) in [6, 6.07) is 7.98. The summed E-state index contributed by atoms with van der Waals surface area (Å²) in [7, 11) is 0. The number of pyridine rings is 1. The van der Waals surface area contributed by atoms with Crippen LogP contribution in [0.4, 0.5) is 5.82 Å². The fourth-order valence-electron chi connectivity index (χ4n) is 2.27. The molecule has 0 saturated heterocycles. The number of nitrogens with one attached hydrogen (secondary N) is 1. The molecule has 0 aliphatic heterocycles. The molecule has 0 saturated carbocycles. The van der Waals surface area contributed by atoms with E-state index in [0.717, 1.165) is 40.5 Å². The molecule has 0 amide bonds. The quantitative estimate of drug-likeness (QED) is 0.799. The predicted octanol–water partition coefficient (Wildman–Crippen LogP) is 2.92. The molecule has 0 spiro atoms. The van der Waals surface area contributed by atoms with Crippen molar-refractivity contribution in [3.63, 3.8) is 0 Å². The Morgan fingerprint density at radius 2 is 2.05 bits per heavy atom. The molecule has 3 heterocycles. The molecular formula is C16H19N5. The van der Waals surface area contributed by atoms with E-state index >= 15 is 0 Å². The topological polar surface area (TPSA) is 55.1 Å². The van der Waals surface area contributed by atoms with E-state index in [4.69, 9.17) is 0 Å². The van der Waals surface area contributed by atoms with Gasteiger partial charge in [-0.25, -0.2) is 4.98 Å². The molecule has 21 heavy (non-hydrogen) atoms. The monoisotopic (exact) mass is 281 g/mol. The van der Waals surface area contributed by atoms with Crippen molar-refractivity contribution in [2.24, 2.45) is 0 Å². The summed E-state index contributed by atoms with van der Waals surface area (Å²) in [5, 5.41) is 7.99. The lowest BCUT2D eigenvalue weighted by Crippen LogP contribution is -2.08. The van der Waals surface area contributed by atoms with Crippen LogP contribution in [0.1, 0.15) is 29.6 Å². The van der Waals surface area contributed by atoms with Crippen molar-refractivity contribution in [1.29, 1.82) is 0 Å². The lowest BCUT2D eigenvalue weighted by atomic mass is 10.2. The van der Waals surface area contributed by atoms with Gasteiger partial charge in [-0.3, -0.25) is 4.98 Å². The molecule has 0 fully saturated rings. The van der Waals surface area contributed by atoms with Crippen LogP contribution >= 0.6 is 0 Å². The van der Waals surface area contributed by atoms with Crippen LogP contribution in [0.2, 0.25) is 0 Å². The van der Waals surface area contributed by atoms with Gasteiger partial charge in [0.05, 0.1) is 17.9 Å². The fraction of sp³-hybridized carbons (Fsp3) is 0.312. The van der Waals surface area contributed by atoms with Crippen molar-refractivity contribution in [3.8, 4) is 0 Å². The third-order valence-electron chi connectivity index (χ3n) is 3.65. The van der Waals surface area contributed by atoms with E-state index in [1.54, 1.807) is 6.20 Å². The minimum atomic E-state index is 0.668. The third-order valence-corrected chi connectivity index (χ3v) is 3.65. The van der Waals surface area contributed by atoms with E-state index in [2.05, 4.69) is 40.3 Å². The van der Waals surface area contributed by atoms with E-state index in [-0.39, 0.29) is 0 Å². The van der Waals surface area contributed by atoms with Crippen LogP contribution in [0.3, 0.4) is 0 Å². The molecule has 3 rings (SSSR count). The van der Waals surface area contributed by atoms with E-state index in [1.807, 2.05) is 29.6 Å². The Labute approximate surface area is 124 Å². The molecule has 0 unspecified atom stereocenters. The van der Waals surface area contributed by atoms with Crippen molar-refractivity contribution < 1.29 is 0 Å². The zero-order valence-electron chi connectivity index (χ0n) is 12.6. The maximum atomic E-state index is 4.67. The summed E-state index contributed by atoms with van der Waals surface area (Å²) in [5.74, 6) is 0.957. The molecule has 108 valence electrons. The van der Waals surface area contributed by atoms with E-state index < -0.39 is 0 Å². The fourth-order valence-corrected chi connectivity index (χ4v) is 2.27. The van der Waals surface area contributed by atoms with Crippen LogP contribution in [0.25, 0.3) is 5.65 Å². The number of nitrogens with zero attached hydrogens (tertiary/aromatic N) is 4. The van der Waals surface area contributed by atoms with Crippen LogP contribution in [0.5, 0.6) is 0 Å². The van der Waals surface area contributed by atoms with Crippen molar-refractivity contribution >= 4 is 11.5 Å². The first-order chi connectivity index (χ1) is 10.2. The largest absolute Gasteiger partial charge is 0.364 e. The van der Waals surface area contributed by atoms with Crippen molar-refractivity contribution in [3.05, 3.63) is 53.1 Å². The minimum Gasteiger partial charge on any atom is -0.364 e. The normalized spacial score (nSPS) is 11.0. The van der Waals surface area contributed by atoms with E-state index in [9.17, 15) is 0 Å². The molecular weight excluding hydrogens is 262 g/mol. The Balaban J connectivity index is 1.98. The van der Waals surface area contributed by atoms with Gasteiger partial charge < -0.3 is 5.32 Å². The van der Waals surface area contributed by atoms with E-state index in [0.29, 0.717) is 6.54 Å². The third kappa shape index (κ3) is 2.59. The summed E-state index contributed by atoms with van der Waals surface area (Å²) in [5.41, 5.74) is 5.13. The van der Waals surface area contributed by atoms with Gasteiger partial charge >= 0.3 is 0 Å². The molecule has 0 aromatic carbocycles. The van der Waals surface area contributed by atoms with Gasteiger partial charge in [0.15, 0.2) is 5.65 Å². The average molecular weight is 281 g/mol. The lowest BCUT2D eigenvalue weighted by Gasteiger charge is -2.09. The molecule has 5 heteroatoms. The van der Waals surface area contributed by atoms with Crippen molar-refractivity contribution in [2.75, 3.05) is 5.32 Å². The Morgan fingerprint density at radius 1 is 1.19 bits per heavy atom. The summed E-state index contributed by atoms with van der Waals surface area (Å²) in [4.78, 5) is 9.01. The molecule has 0 bridgehead atoms. The number of hydrogen-bond acceptors (Lipinski definition) is 4. The first-order valence-electron chi connectivity index (χ1n) is 7.18. The predicted molar refractivity (Wildman–Crippen MR) is 83.4 cm³/mol. The summed E-state index contributed by atoms with van der Waals surface area (Å²) in [6.07, 6.45) is 2.71. The van der Waals surface area contributed by atoms with Crippen LogP contribution < -0.4 is 5.32 Å². The van der Waals surface area contributed by atoms with Gasteiger partial charge in [-0.05, 0) is 32.4 Å². The second-order valence-corrected chi connectivity index (χ2v) is 5.11. The Morgan fingerprint density at radius 3 is 2.76 bits per heavy atom. The van der Waals surface area contributed by atoms with Crippen LogP contribution in [0, 0.1) is 13.8 Å². The van der Waals surface area contributed by atoms with Gasteiger partial charge in [0, 0.05) is 23.5 Å². The summed E-state index contributed by atoms with van der Waals surface area (Å²) >= 11 is 0. The summed E-state index contributed by atoms with van der Waals surface area (Å²) < 4.78 is 1.88. The first-order valence-corrected chi connectivity index (χ1v) is 7.18. The first kappa shape index (κ1) is 13.5. The molecule has 5 nitrogen and oxygen atoms in total. The van der Waals surface area contributed by atoms with E-state index in [1.165, 1.54) is 0 Å². The van der Waals surface area contributed by atoms with Gasteiger partial charge in [0.2, 0.25) is 0 Å². The van der Waals surface area contributed by atoms with Crippen LogP contribution in [-0.4, -0.2) is 19.6 Å². The number of fused-ring (bicyclic) bond motifs is 1. The second-order valence-electron chi connectivity index (χ2n) is 5.11. The molecule has 3 aromatic heterocycles. The standard InChI is InChI=1S/C16H19N5/c1-4-13-9-15(18-10-14-7-5-6-8-17-14)21-16(19-13)11(2)12(3)20-21/h5-9,18H,4,10H2,1-3H3. The second kappa shape index (κ2) is 5.52. The van der Waals surface area contributed by atoms with Crippen molar-refractivity contribution in [2.45, 2.75) is 33.7 Å². The number of rotatable bonds is 4.